The fraction of sp³-hybridized carbons (Fsp3) is 0.130. The molecule has 7 heteroatoms. The van der Waals surface area contributed by atoms with Crippen molar-refractivity contribution in [1.29, 1.82) is 0 Å². The molecule has 0 radical (unpaired) electrons. The third-order valence-electron chi connectivity index (χ3n) is 5.05. The Hall–Kier alpha value is -4.00. The number of nitrogens with one attached hydrogen (secondary N) is 3. The first-order chi connectivity index (χ1) is 14.6. The van der Waals surface area contributed by atoms with Gasteiger partial charge in [0.05, 0.1) is 11.7 Å². The van der Waals surface area contributed by atoms with E-state index < -0.39 is 0 Å². The maximum Gasteiger partial charge on any atom is 0.161 e. The van der Waals surface area contributed by atoms with Gasteiger partial charge in [0.1, 0.15) is 11.6 Å². The summed E-state index contributed by atoms with van der Waals surface area (Å²) in [5.41, 5.74) is 4.92. The summed E-state index contributed by atoms with van der Waals surface area (Å²) in [7, 11) is 0. The number of H-pyrrole nitrogens is 2. The van der Waals surface area contributed by atoms with Crippen LogP contribution in [0.4, 0.5) is 11.5 Å². The first kappa shape index (κ1) is 18.1. The lowest BCUT2D eigenvalue weighted by molar-refractivity contribution is -0.116. The SMILES string of the molecule is CC(=O)CCc1cc2ccc(-c3nccc(Nc4ccc5[nH]ncc5c4)n3)cc2[nH]1. The normalized spacial score (nSPS) is 11.2. The van der Waals surface area contributed by atoms with Crippen LogP contribution in [0.25, 0.3) is 33.2 Å². The first-order valence-electron chi connectivity index (χ1n) is 9.79. The number of hydrogen-bond donors (Lipinski definition) is 3. The molecular weight excluding hydrogens is 376 g/mol. The molecule has 0 aliphatic carbocycles. The quantitative estimate of drug-likeness (QED) is 0.384. The summed E-state index contributed by atoms with van der Waals surface area (Å²) in [5, 5.41) is 12.5. The molecule has 0 spiro atoms. The predicted molar refractivity (Wildman–Crippen MR) is 118 cm³/mol. The average Bonchev–Trinajstić information content (AvgIpc) is 3.38. The second kappa shape index (κ2) is 7.44. The summed E-state index contributed by atoms with van der Waals surface area (Å²) in [6, 6.07) is 16.0. The molecule has 148 valence electrons. The van der Waals surface area contributed by atoms with E-state index in [2.05, 4.69) is 42.6 Å². The molecule has 7 nitrogen and oxygen atoms in total. The van der Waals surface area contributed by atoms with Crippen LogP contribution in [0.5, 0.6) is 0 Å². The molecule has 3 N–H and O–H groups in total. The summed E-state index contributed by atoms with van der Waals surface area (Å²) in [6.07, 6.45) is 4.80. The molecule has 5 rings (SSSR count). The van der Waals surface area contributed by atoms with Crippen molar-refractivity contribution in [3.63, 3.8) is 0 Å². The number of aryl methyl sites for hydroxylation is 1. The van der Waals surface area contributed by atoms with Gasteiger partial charge in [-0.05, 0) is 55.1 Å². The van der Waals surface area contributed by atoms with Crippen LogP contribution in [0.3, 0.4) is 0 Å². The molecule has 30 heavy (non-hydrogen) atoms. The number of hydrogen-bond acceptors (Lipinski definition) is 5. The maximum absolute atomic E-state index is 11.2. The van der Waals surface area contributed by atoms with Crippen molar-refractivity contribution in [2.75, 3.05) is 5.32 Å². The highest BCUT2D eigenvalue weighted by Gasteiger charge is 2.08. The number of anilines is 2. The zero-order chi connectivity index (χ0) is 20.5. The average molecular weight is 396 g/mol. The smallest absolute Gasteiger partial charge is 0.161 e. The molecule has 3 aromatic heterocycles. The summed E-state index contributed by atoms with van der Waals surface area (Å²) < 4.78 is 0. The van der Waals surface area contributed by atoms with E-state index >= 15 is 0 Å². The Labute approximate surface area is 172 Å². The third kappa shape index (κ3) is 3.65. The monoisotopic (exact) mass is 396 g/mol. The van der Waals surface area contributed by atoms with E-state index in [0.717, 1.165) is 51.0 Å². The van der Waals surface area contributed by atoms with E-state index in [4.69, 9.17) is 0 Å². The Morgan fingerprint density at radius 2 is 1.97 bits per heavy atom. The largest absolute Gasteiger partial charge is 0.358 e. The van der Waals surface area contributed by atoms with Crippen LogP contribution in [-0.4, -0.2) is 30.9 Å². The lowest BCUT2D eigenvalue weighted by Crippen LogP contribution is -1.96. The minimum absolute atomic E-state index is 0.193. The van der Waals surface area contributed by atoms with Crippen molar-refractivity contribution in [3.05, 3.63) is 66.6 Å². The van der Waals surface area contributed by atoms with Crippen LogP contribution < -0.4 is 5.32 Å². The number of aromatic amines is 2. The Morgan fingerprint density at radius 3 is 2.87 bits per heavy atom. The number of carbonyl (C=O) groups excluding carboxylic acids is 1. The van der Waals surface area contributed by atoms with Crippen LogP contribution >= 0.6 is 0 Å². The van der Waals surface area contributed by atoms with Crippen LogP contribution in [0.2, 0.25) is 0 Å². The molecular formula is C23H20N6O. The van der Waals surface area contributed by atoms with Gasteiger partial charge in [-0.2, -0.15) is 5.10 Å². The van der Waals surface area contributed by atoms with E-state index in [1.54, 1.807) is 19.3 Å². The van der Waals surface area contributed by atoms with E-state index in [1.165, 1.54) is 0 Å². The van der Waals surface area contributed by atoms with Gasteiger partial charge in [0.25, 0.3) is 0 Å². The zero-order valence-corrected chi connectivity index (χ0v) is 16.4. The fourth-order valence-electron chi connectivity index (χ4n) is 3.51. The van der Waals surface area contributed by atoms with Gasteiger partial charge in [0.2, 0.25) is 0 Å². The second-order valence-corrected chi connectivity index (χ2v) is 7.36. The van der Waals surface area contributed by atoms with Crippen LogP contribution in [0.15, 0.2) is 60.9 Å². The summed E-state index contributed by atoms with van der Waals surface area (Å²) in [6.45, 7) is 1.62. The van der Waals surface area contributed by atoms with Gasteiger partial charge in [-0.3, -0.25) is 5.10 Å². The molecule has 0 aliphatic rings. The Morgan fingerprint density at radius 1 is 1.03 bits per heavy atom. The molecule has 5 aromatic rings. The predicted octanol–water partition coefficient (Wildman–Crippen LogP) is 4.77. The van der Waals surface area contributed by atoms with Crippen molar-refractivity contribution in [3.8, 4) is 11.4 Å². The number of fused-ring (bicyclic) bond motifs is 2. The van der Waals surface area contributed by atoms with E-state index in [9.17, 15) is 4.79 Å². The van der Waals surface area contributed by atoms with Crippen LogP contribution in [0.1, 0.15) is 19.0 Å². The summed E-state index contributed by atoms with van der Waals surface area (Å²) in [5.74, 6) is 1.56. The highest BCUT2D eigenvalue weighted by atomic mass is 16.1. The highest BCUT2D eigenvalue weighted by Crippen LogP contribution is 2.25. The molecule has 0 unspecified atom stereocenters. The second-order valence-electron chi connectivity index (χ2n) is 7.36. The van der Waals surface area contributed by atoms with E-state index in [0.29, 0.717) is 12.2 Å². The molecule has 0 saturated carbocycles. The number of Topliss-reactive ketones (excluding diaryl/α,β-unsaturated/α-hetero) is 1. The van der Waals surface area contributed by atoms with Crippen LogP contribution in [-0.2, 0) is 11.2 Å². The minimum atomic E-state index is 0.193. The van der Waals surface area contributed by atoms with Crippen molar-refractivity contribution in [1.82, 2.24) is 25.1 Å². The van der Waals surface area contributed by atoms with Gasteiger partial charge >= 0.3 is 0 Å². The minimum Gasteiger partial charge on any atom is -0.358 e. The Balaban J connectivity index is 1.41. The highest BCUT2D eigenvalue weighted by molar-refractivity contribution is 5.85. The Bertz CT molecular complexity index is 1370. The van der Waals surface area contributed by atoms with Gasteiger partial charge < -0.3 is 15.1 Å². The van der Waals surface area contributed by atoms with Crippen molar-refractivity contribution >= 4 is 39.1 Å². The molecule has 3 heterocycles. The standard InChI is InChI=1S/C23H20N6O/c1-14(30)2-5-18-10-15-3-4-16(12-21(15)26-18)23-24-9-8-22(28-23)27-19-6-7-20-17(11-19)13-25-29-20/h3-4,6-13,26H,2,5H2,1H3,(H,25,29)(H,24,27,28). The molecule has 2 aromatic carbocycles. The number of rotatable bonds is 6. The van der Waals surface area contributed by atoms with Gasteiger partial charge in [0.15, 0.2) is 5.82 Å². The number of nitrogens with zero attached hydrogens (tertiary/aromatic N) is 3. The first-order valence-corrected chi connectivity index (χ1v) is 9.79. The maximum atomic E-state index is 11.2. The third-order valence-corrected chi connectivity index (χ3v) is 5.05. The molecule has 0 amide bonds. The number of carbonyl (C=O) groups is 1. The van der Waals surface area contributed by atoms with Gasteiger partial charge in [-0.15, -0.1) is 0 Å². The molecule has 0 atom stereocenters. The summed E-state index contributed by atoms with van der Waals surface area (Å²) in [4.78, 5) is 23.8. The van der Waals surface area contributed by atoms with Gasteiger partial charge in [0, 0.05) is 40.5 Å². The fourth-order valence-corrected chi connectivity index (χ4v) is 3.51. The number of aromatic nitrogens is 5. The zero-order valence-electron chi connectivity index (χ0n) is 16.4. The van der Waals surface area contributed by atoms with Gasteiger partial charge in [-0.1, -0.05) is 12.1 Å². The molecule has 0 aliphatic heterocycles. The topological polar surface area (TPSA) is 99.3 Å². The molecule has 0 fully saturated rings. The van der Waals surface area contributed by atoms with Gasteiger partial charge in [-0.25, -0.2) is 9.97 Å². The molecule has 0 bridgehead atoms. The lowest BCUT2D eigenvalue weighted by Gasteiger charge is -2.07. The molecule has 0 saturated heterocycles. The van der Waals surface area contributed by atoms with Crippen molar-refractivity contribution in [2.45, 2.75) is 19.8 Å². The van der Waals surface area contributed by atoms with Crippen molar-refractivity contribution in [2.24, 2.45) is 0 Å². The van der Waals surface area contributed by atoms with Crippen molar-refractivity contribution < 1.29 is 4.79 Å². The number of benzene rings is 2. The lowest BCUT2D eigenvalue weighted by atomic mass is 10.1. The number of ketones is 1. The van der Waals surface area contributed by atoms with Crippen LogP contribution in [0, 0.1) is 0 Å². The van der Waals surface area contributed by atoms with E-state index in [-0.39, 0.29) is 5.78 Å². The summed E-state index contributed by atoms with van der Waals surface area (Å²) >= 11 is 0. The van der Waals surface area contributed by atoms with E-state index in [1.807, 2.05) is 36.4 Å². The Kier molecular flexibility index (Phi) is 4.48.